The summed E-state index contributed by atoms with van der Waals surface area (Å²) in [6, 6.07) is 10.7. The van der Waals surface area contributed by atoms with Gasteiger partial charge in [0.15, 0.2) is 0 Å². The van der Waals surface area contributed by atoms with Gasteiger partial charge in [0.1, 0.15) is 27.4 Å². The van der Waals surface area contributed by atoms with Crippen molar-refractivity contribution in [3.8, 4) is 11.5 Å². The number of benzene rings is 2. The standard InChI is InChI=1S/C24H30N4O5S2/c1-14-9-7-11-17(19(14)32-5)23(34)27(3)25-21(30)15(2)22(31)26-28(4)24(35)18-12-8-10-16(13-29)20(18)33-6/h7-12,15,29H,13H2,1-6H3,(H,25,30)(H,26,31). The molecule has 1 atom stereocenters. The number of aliphatic hydroxyl groups is 1. The van der Waals surface area contributed by atoms with Crippen LogP contribution >= 0.6 is 24.4 Å². The van der Waals surface area contributed by atoms with Crippen molar-refractivity contribution in [3.63, 3.8) is 0 Å². The first-order chi connectivity index (χ1) is 16.6. The van der Waals surface area contributed by atoms with E-state index in [1.54, 1.807) is 45.5 Å². The predicted octanol–water partition coefficient (Wildman–Crippen LogP) is 2.12. The lowest BCUT2D eigenvalue weighted by Crippen LogP contribution is -2.51. The molecule has 2 aromatic carbocycles. The van der Waals surface area contributed by atoms with Gasteiger partial charge in [0.25, 0.3) is 11.8 Å². The molecule has 0 aliphatic heterocycles. The molecule has 0 aromatic heterocycles. The van der Waals surface area contributed by atoms with E-state index in [0.717, 1.165) is 5.56 Å². The minimum Gasteiger partial charge on any atom is -0.496 e. The number of aliphatic hydroxyl groups excluding tert-OH is 1. The summed E-state index contributed by atoms with van der Waals surface area (Å²) < 4.78 is 10.8. The van der Waals surface area contributed by atoms with Crippen molar-refractivity contribution in [2.45, 2.75) is 20.5 Å². The summed E-state index contributed by atoms with van der Waals surface area (Å²) in [5.74, 6) is -1.17. The van der Waals surface area contributed by atoms with E-state index in [1.807, 2.05) is 19.1 Å². The Bertz CT molecular complexity index is 1130. The fraction of sp³-hybridized carbons (Fsp3) is 0.333. The maximum Gasteiger partial charge on any atom is 0.250 e. The molecule has 0 saturated carbocycles. The zero-order chi connectivity index (χ0) is 26.3. The van der Waals surface area contributed by atoms with E-state index >= 15 is 0 Å². The van der Waals surface area contributed by atoms with Gasteiger partial charge in [0.05, 0.1) is 32.0 Å². The summed E-state index contributed by atoms with van der Waals surface area (Å²) in [5.41, 5.74) is 7.87. The summed E-state index contributed by atoms with van der Waals surface area (Å²) >= 11 is 11.0. The van der Waals surface area contributed by atoms with Crippen LogP contribution in [0, 0.1) is 12.8 Å². The lowest BCUT2D eigenvalue weighted by molar-refractivity contribution is -0.137. The van der Waals surface area contributed by atoms with E-state index in [4.69, 9.17) is 33.9 Å². The van der Waals surface area contributed by atoms with Gasteiger partial charge >= 0.3 is 0 Å². The van der Waals surface area contributed by atoms with Crippen molar-refractivity contribution in [3.05, 3.63) is 58.7 Å². The third-order valence-corrected chi connectivity index (χ3v) is 6.29. The second kappa shape index (κ2) is 12.4. The molecule has 0 bridgehead atoms. The van der Waals surface area contributed by atoms with Gasteiger partial charge in [-0.1, -0.05) is 48.7 Å². The monoisotopic (exact) mass is 518 g/mol. The molecule has 0 saturated heterocycles. The Morgan fingerprint density at radius 3 is 1.83 bits per heavy atom. The van der Waals surface area contributed by atoms with Crippen molar-refractivity contribution in [2.24, 2.45) is 5.92 Å². The van der Waals surface area contributed by atoms with Crippen LogP contribution in [0.3, 0.4) is 0 Å². The minimum atomic E-state index is -1.06. The number of amides is 2. The Morgan fingerprint density at radius 2 is 1.37 bits per heavy atom. The van der Waals surface area contributed by atoms with Gasteiger partial charge in [0, 0.05) is 19.7 Å². The molecule has 0 aliphatic rings. The molecule has 9 nitrogen and oxygen atoms in total. The quantitative estimate of drug-likeness (QED) is 0.289. The van der Waals surface area contributed by atoms with Crippen LogP contribution in [-0.4, -0.2) is 65.2 Å². The number of nitrogens with zero attached hydrogens (tertiary/aromatic N) is 2. The smallest absolute Gasteiger partial charge is 0.250 e. The fourth-order valence-corrected chi connectivity index (χ4v) is 3.73. The molecule has 0 fully saturated rings. The van der Waals surface area contributed by atoms with Crippen LogP contribution in [0.1, 0.15) is 29.2 Å². The Balaban J connectivity index is 2.06. The average Bonchev–Trinajstić information content (AvgIpc) is 2.86. The lowest BCUT2D eigenvalue weighted by Gasteiger charge is -2.26. The molecule has 3 N–H and O–H groups in total. The molecule has 1 unspecified atom stereocenters. The number of hydrogen-bond donors (Lipinski definition) is 3. The van der Waals surface area contributed by atoms with Gasteiger partial charge in [-0.25, -0.2) is 0 Å². The summed E-state index contributed by atoms with van der Waals surface area (Å²) in [5, 5.41) is 12.2. The van der Waals surface area contributed by atoms with Crippen LogP contribution in [0.4, 0.5) is 0 Å². The van der Waals surface area contributed by atoms with E-state index in [2.05, 4.69) is 10.9 Å². The topological polar surface area (TPSA) is 103 Å². The molecule has 0 aliphatic carbocycles. The molecule has 188 valence electrons. The maximum atomic E-state index is 12.8. The van der Waals surface area contributed by atoms with Crippen LogP contribution in [0.15, 0.2) is 36.4 Å². The van der Waals surface area contributed by atoms with Crippen LogP contribution in [0.25, 0.3) is 0 Å². The lowest BCUT2D eigenvalue weighted by atomic mass is 10.1. The van der Waals surface area contributed by atoms with E-state index in [0.29, 0.717) is 33.2 Å². The first-order valence-corrected chi connectivity index (χ1v) is 11.5. The third kappa shape index (κ3) is 6.44. The predicted molar refractivity (Wildman–Crippen MR) is 141 cm³/mol. The summed E-state index contributed by atoms with van der Waals surface area (Å²) in [4.78, 5) is 26.1. The molecule has 0 spiro atoms. The number of methoxy groups -OCH3 is 2. The second-order valence-corrected chi connectivity index (χ2v) is 8.49. The number of nitrogens with one attached hydrogen (secondary N) is 2. The normalized spacial score (nSPS) is 11.2. The third-order valence-electron chi connectivity index (χ3n) is 5.30. The van der Waals surface area contributed by atoms with Gasteiger partial charge in [-0.05, 0) is 31.5 Å². The van der Waals surface area contributed by atoms with Crippen LogP contribution < -0.4 is 20.3 Å². The molecule has 11 heteroatoms. The number of thiocarbonyl (C=S) groups is 2. The zero-order valence-electron chi connectivity index (χ0n) is 20.5. The van der Waals surface area contributed by atoms with Crippen LogP contribution in [-0.2, 0) is 16.2 Å². The number of aryl methyl sites for hydroxylation is 1. The minimum absolute atomic E-state index is 0.225. The highest BCUT2D eigenvalue weighted by atomic mass is 32.1. The van der Waals surface area contributed by atoms with Crippen molar-refractivity contribution >= 4 is 46.2 Å². The molecular formula is C24H30N4O5S2. The molecule has 0 heterocycles. The molecular weight excluding hydrogens is 488 g/mol. The number of rotatable bonds is 7. The van der Waals surface area contributed by atoms with Crippen molar-refractivity contribution in [1.29, 1.82) is 0 Å². The Hall–Kier alpha value is -3.28. The van der Waals surface area contributed by atoms with Crippen LogP contribution in [0.2, 0.25) is 0 Å². The summed E-state index contributed by atoms with van der Waals surface area (Å²) in [6.45, 7) is 3.14. The van der Waals surface area contributed by atoms with Gasteiger partial charge in [-0.15, -0.1) is 0 Å². The highest BCUT2D eigenvalue weighted by Gasteiger charge is 2.26. The van der Waals surface area contributed by atoms with E-state index in [9.17, 15) is 14.7 Å². The summed E-state index contributed by atoms with van der Waals surface area (Å²) in [6.07, 6.45) is 0. The molecule has 2 amide bonds. The maximum absolute atomic E-state index is 12.8. The van der Waals surface area contributed by atoms with Crippen LogP contribution in [0.5, 0.6) is 11.5 Å². The first-order valence-electron chi connectivity index (χ1n) is 10.6. The number of hydrogen-bond acceptors (Lipinski definition) is 7. The van der Waals surface area contributed by atoms with Crippen molar-refractivity contribution in [2.75, 3.05) is 28.3 Å². The fourth-order valence-electron chi connectivity index (χ4n) is 3.32. The van der Waals surface area contributed by atoms with Gasteiger partial charge in [-0.2, -0.15) is 0 Å². The molecule has 2 aromatic rings. The Morgan fingerprint density at radius 1 is 0.914 bits per heavy atom. The molecule has 0 radical (unpaired) electrons. The van der Waals surface area contributed by atoms with Crippen molar-refractivity contribution in [1.82, 2.24) is 20.9 Å². The van der Waals surface area contributed by atoms with E-state index in [1.165, 1.54) is 24.1 Å². The Kier molecular flexibility index (Phi) is 9.93. The number of carbonyl (C=O) groups is 2. The SMILES string of the molecule is COc1c(C)cccc1C(=S)N(C)NC(=O)C(C)C(=O)NN(C)C(=S)c1cccc(CO)c1OC. The second-order valence-electron chi connectivity index (χ2n) is 7.71. The molecule has 35 heavy (non-hydrogen) atoms. The van der Waals surface area contributed by atoms with Gasteiger partial charge < -0.3 is 14.6 Å². The van der Waals surface area contributed by atoms with E-state index < -0.39 is 17.7 Å². The Labute approximate surface area is 215 Å². The highest BCUT2D eigenvalue weighted by Crippen LogP contribution is 2.26. The zero-order valence-corrected chi connectivity index (χ0v) is 22.2. The van der Waals surface area contributed by atoms with Gasteiger partial charge in [-0.3, -0.25) is 30.5 Å². The van der Waals surface area contributed by atoms with Crippen molar-refractivity contribution < 1.29 is 24.2 Å². The number of carbonyl (C=O) groups excluding carboxylic acids is 2. The molecule has 2 rings (SSSR count). The average molecular weight is 519 g/mol. The number of para-hydroxylation sites is 2. The summed E-state index contributed by atoms with van der Waals surface area (Å²) in [7, 11) is 6.17. The first kappa shape index (κ1) is 28.0. The number of hydrazine groups is 2. The van der Waals surface area contributed by atoms with Gasteiger partial charge in [0.2, 0.25) is 0 Å². The number of ether oxygens (including phenoxy) is 2. The highest BCUT2D eigenvalue weighted by molar-refractivity contribution is 7.81. The van der Waals surface area contributed by atoms with E-state index in [-0.39, 0.29) is 11.6 Å². The largest absolute Gasteiger partial charge is 0.496 e.